The Kier molecular flexibility index (Phi) is 5.19. The van der Waals surface area contributed by atoms with E-state index in [2.05, 4.69) is 10.3 Å². The first-order chi connectivity index (χ1) is 13.9. The third kappa shape index (κ3) is 3.68. The molecule has 0 saturated carbocycles. The Morgan fingerprint density at radius 2 is 1.86 bits per heavy atom. The maximum atomic E-state index is 12.8. The molecule has 0 saturated heterocycles. The van der Waals surface area contributed by atoms with Crippen molar-refractivity contribution in [1.82, 2.24) is 14.6 Å². The Morgan fingerprint density at radius 1 is 1.10 bits per heavy atom. The average molecular weight is 412 g/mol. The van der Waals surface area contributed by atoms with Gasteiger partial charge in [-0.3, -0.25) is 4.79 Å². The predicted molar refractivity (Wildman–Crippen MR) is 113 cm³/mol. The van der Waals surface area contributed by atoms with Crippen molar-refractivity contribution in [1.29, 1.82) is 0 Å². The summed E-state index contributed by atoms with van der Waals surface area (Å²) in [4.78, 5) is 16.4. The lowest BCUT2D eigenvalue weighted by Gasteiger charge is -2.15. The van der Waals surface area contributed by atoms with Crippen molar-refractivity contribution < 1.29 is 13.2 Å². The minimum Gasteiger partial charge on any atom is -0.358 e. The van der Waals surface area contributed by atoms with E-state index in [1.807, 2.05) is 18.2 Å². The number of fused-ring (bicyclic) bond motifs is 3. The van der Waals surface area contributed by atoms with E-state index in [1.165, 1.54) is 42.5 Å². The normalized spacial score (nSPS) is 14.2. The number of hydrogen-bond donors (Lipinski definition) is 2. The number of H-pyrrole nitrogens is 1. The Bertz CT molecular complexity index is 1180. The number of sulfonamides is 1. The van der Waals surface area contributed by atoms with Crippen LogP contribution in [0.15, 0.2) is 47.4 Å². The summed E-state index contributed by atoms with van der Waals surface area (Å²) in [6.07, 6.45) is 4.47. The van der Waals surface area contributed by atoms with Gasteiger partial charge in [0.1, 0.15) is 0 Å². The van der Waals surface area contributed by atoms with Gasteiger partial charge in [-0.25, -0.2) is 12.7 Å². The van der Waals surface area contributed by atoms with Gasteiger partial charge in [0.2, 0.25) is 10.0 Å². The van der Waals surface area contributed by atoms with E-state index >= 15 is 0 Å². The molecule has 2 N–H and O–H groups in total. The molecule has 1 amide bonds. The lowest BCUT2D eigenvalue weighted by molar-refractivity contribution is 0.0950. The summed E-state index contributed by atoms with van der Waals surface area (Å²) in [6, 6.07) is 12.4. The second-order valence-electron chi connectivity index (χ2n) is 7.63. The average Bonchev–Trinajstić information content (AvgIpc) is 3.10. The van der Waals surface area contributed by atoms with Gasteiger partial charge in [0.15, 0.2) is 0 Å². The van der Waals surface area contributed by atoms with Gasteiger partial charge < -0.3 is 10.3 Å². The molecule has 152 valence electrons. The monoisotopic (exact) mass is 411 g/mol. The highest BCUT2D eigenvalue weighted by molar-refractivity contribution is 7.89. The van der Waals surface area contributed by atoms with Gasteiger partial charge in [-0.1, -0.05) is 18.2 Å². The Balaban J connectivity index is 1.57. The number of aryl methyl sites for hydroxylation is 2. The van der Waals surface area contributed by atoms with Crippen LogP contribution in [0.1, 0.15) is 40.0 Å². The number of nitrogens with zero attached hydrogens (tertiary/aromatic N) is 1. The zero-order valence-electron chi connectivity index (χ0n) is 16.7. The SMILES string of the molecule is CN(C)S(=O)(=O)c1ccccc1CNC(=O)c1ccc2[nH]c3c(c2c1)CCCC3. The second-order valence-corrected chi connectivity index (χ2v) is 9.75. The molecule has 6 nitrogen and oxygen atoms in total. The van der Waals surface area contributed by atoms with Crippen LogP contribution in [-0.4, -0.2) is 37.7 Å². The van der Waals surface area contributed by atoms with Crippen LogP contribution in [0.5, 0.6) is 0 Å². The highest BCUT2D eigenvalue weighted by Crippen LogP contribution is 2.29. The molecule has 1 aliphatic rings. The maximum absolute atomic E-state index is 12.8. The second kappa shape index (κ2) is 7.65. The highest BCUT2D eigenvalue weighted by Gasteiger charge is 2.21. The number of carbonyl (C=O) groups excluding carboxylic acids is 1. The first kappa shape index (κ1) is 19.7. The molecule has 4 rings (SSSR count). The molecule has 0 atom stereocenters. The number of rotatable bonds is 5. The van der Waals surface area contributed by atoms with Crippen molar-refractivity contribution >= 4 is 26.8 Å². The zero-order valence-corrected chi connectivity index (χ0v) is 17.5. The molecule has 1 heterocycles. The molecule has 7 heteroatoms. The molecule has 2 aromatic carbocycles. The molecule has 29 heavy (non-hydrogen) atoms. The van der Waals surface area contributed by atoms with Gasteiger partial charge >= 0.3 is 0 Å². The Hall–Kier alpha value is -2.64. The number of carbonyl (C=O) groups is 1. The predicted octanol–water partition coefficient (Wildman–Crippen LogP) is 3.23. The van der Waals surface area contributed by atoms with Gasteiger partial charge in [-0.15, -0.1) is 0 Å². The first-order valence-electron chi connectivity index (χ1n) is 9.80. The highest BCUT2D eigenvalue weighted by atomic mass is 32.2. The van der Waals surface area contributed by atoms with Crippen molar-refractivity contribution in [2.24, 2.45) is 0 Å². The summed E-state index contributed by atoms with van der Waals surface area (Å²) < 4.78 is 26.2. The summed E-state index contributed by atoms with van der Waals surface area (Å²) in [5.74, 6) is -0.213. The number of aromatic nitrogens is 1. The van der Waals surface area contributed by atoms with Crippen molar-refractivity contribution in [3.8, 4) is 0 Å². The molecule has 0 aliphatic heterocycles. The standard InChI is InChI=1S/C22H25N3O3S/c1-25(2)29(27,28)21-10-6-3-7-16(21)14-23-22(26)15-11-12-20-18(13-15)17-8-4-5-9-19(17)24-20/h3,6-7,10-13,24H,4-5,8-9,14H2,1-2H3,(H,23,26). The number of benzene rings is 2. The first-order valence-corrected chi connectivity index (χ1v) is 11.2. The van der Waals surface area contributed by atoms with Crippen LogP contribution in [0.2, 0.25) is 0 Å². The number of amides is 1. The molecule has 1 aromatic heterocycles. The van der Waals surface area contributed by atoms with Gasteiger partial charge in [0, 0.05) is 42.8 Å². The van der Waals surface area contributed by atoms with Crippen molar-refractivity contribution in [3.63, 3.8) is 0 Å². The number of aromatic amines is 1. The fourth-order valence-electron chi connectivity index (χ4n) is 3.92. The minimum atomic E-state index is -3.57. The zero-order chi connectivity index (χ0) is 20.6. The van der Waals surface area contributed by atoms with Crippen LogP contribution < -0.4 is 5.32 Å². The van der Waals surface area contributed by atoms with Gasteiger partial charge in [0.25, 0.3) is 5.91 Å². The molecule has 0 bridgehead atoms. The largest absolute Gasteiger partial charge is 0.358 e. The lowest BCUT2D eigenvalue weighted by Crippen LogP contribution is -2.27. The Morgan fingerprint density at radius 3 is 2.66 bits per heavy atom. The van der Waals surface area contributed by atoms with Crippen LogP contribution in [-0.2, 0) is 29.4 Å². The van der Waals surface area contributed by atoms with E-state index in [0.29, 0.717) is 11.1 Å². The van der Waals surface area contributed by atoms with E-state index < -0.39 is 10.0 Å². The van der Waals surface area contributed by atoms with Crippen LogP contribution in [0.4, 0.5) is 0 Å². The maximum Gasteiger partial charge on any atom is 0.251 e. The molecular weight excluding hydrogens is 386 g/mol. The van der Waals surface area contributed by atoms with Crippen LogP contribution in [0.3, 0.4) is 0 Å². The van der Waals surface area contributed by atoms with Gasteiger partial charge in [0.05, 0.1) is 4.90 Å². The van der Waals surface area contributed by atoms with Gasteiger partial charge in [-0.05, 0) is 61.1 Å². The fourth-order valence-corrected chi connectivity index (χ4v) is 5.04. The molecule has 1 aliphatic carbocycles. The molecule has 0 spiro atoms. The summed E-state index contributed by atoms with van der Waals surface area (Å²) in [5.41, 5.74) is 4.82. The smallest absolute Gasteiger partial charge is 0.251 e. The third-order valence-corrected chi connectivity index (χ3v) is 7.45. The van der Waals surface area contributed by atoms with Gasteiger partial charge in [-0.2, -0.15) is 0 Å². The number of hydrogen-bond acceptors (Lipinski definition) is 3. The molecule has 0 fully saturated rings. The summed E-state index contributed by atoms with van der Waals surface area (Å²) >= 11 is 0. The quantitative estimate of drug-likeness (QED) is 0.676. The minimum absolute atomic E-state index is 0.144. The van der Waals surface area contributed by atoms with E-state index in [1.54, 1.807) is 24.3 Å². The van der Waals surface area contributed by atoms with Crippen molar-refractivity contribution in [2.75, 3.05) is 14.1 Å². The van der Waals surface area contributed by atoms with Crippen LogP contribution in [0.25, 0.3) is 10.9 Å². The topological polar surface area (TPSA) is 82.3 Å². The Labute approximate surface area is 171 Å². The van der Waals surface area contributed by atoms with Crippen LogP contribution >= 0.6 is 0 Å². The molecule has 0 radical (unpaired) electrons. The van der Waals surface area contributed by atoms with E-state index in [-0.39, 0.29) is 17.3 Å². The van der Waals surface area contributed by atoms with Crippen LogP contribution in [0, 0.1) is 0 Å². The van der Waals surface area contributed by atoms with Crippen molar-refractivity contribution in [2.45, 2.75) is 37.1 Å². The third-order valence-electron chi connectivity index (χ3n) is 5.53. The lowest BCUT2D eigenvalue weighted by atomic mass is 9.95. The van der Waals surface area contributed by atoms with E-state index in [4.69, 9.17) is 0 Å². The van der Waals surface area contributed by atoms with E-state index in [9.17, 15) is 13.2 Å². The molecule has 0 unspecified atom stereocenters. The fraction of sp³-hybridized carbons (Fsp3) is 0.318. The molecule has 3 aromatic rings. The summed E-state index contributed by atoms with van der Waals surface area (Å²) in [6.45, 7) is 0.144. The number of nitrogens with one attached hydrogen (secondary N) is 2. The summed E-state index contributed by atoms with van der Waals surface area (Å²) in [7, 11) is -0.579. The van der Waals surface area contributed by atoms with Crippen molar-refractivity contribution in [3.05, 3.63) is 64.8 Å². The summed E-state index contributed by atoms with van der Waals surface area (Å²) in [5, 5.41) is 3.99. The molecular formula is C22H25N3O3S. The van der Waals surface area contributed by atoms with E-state index in [0.717, 1.165) is 23.7 Å².